The van der Waals surface area contributed by atoms with Crippen LogP contribution in [0.1, 0.15) is 5.56 Å². The fourth-order valence-corrected chi connectivity index (χ4v) is 2.95. The molecule has 3 aromatic carbocycles. The molecule has 0 amide bonds. The first-order valence-corrected chi connectivity index (χ1v) is 7.78. The largest absolute Gasteiger partial charge is 0.455 e. The normalized spacial score (nSPS) is 11.8. The van der Waals surface area contributed by atoms with E-state index >= 15 is 0 Å². The maximum Gasteiger partial charge on any atom is 0.416 e. The van der Waals surface area contributed by atoms with E-state index in [0.717, 1.165) is 28.5 Å². The molecule has 1 nitrogen and oxygen atoms in total. The number of hydrogen-bond acceptors (Lipinski definition) is 1. The van der Waals surface area contributed by atoms with Crippen molar-refractivity contribution in [3.05, 3.63) is 84.4 Å². The molecule has 0 radical (unpaired) electrons. The lowest BCUT2D eigenvalue weighted by Gasteiger charge is -2.07. The van der Waals surface area contributed by atoms with E-state index in [0.29, 0.717) is 17.1 Å². The van der Waals surface area contributed by atoms with Crippen LogP contribution in [-0.2, 0) is 6.18 Å². The predicted octanol–water partition coefficient (Wildman–Crippen LogP) is 6.79. The fourth-order valence-electron chi connectivity index (χ4n) is 2.95. The number of hydrogen-bond donors (Lipinski definition) is 0. The Hall–Kier alpha value is -3.01. The van der Waals surface area contributed by atoms with E-state index in [2.05, 4.69) is 0 Å². The third-order valence-corrected chi connectivity index (χ3v) is 4.11. The van der Waals surface area contributed by atoms with Crippen molar-refractivity contribution in [3.63, 3.8) is 0 Å². The highest BCUT2D eigenvalue weighted by Gasteiger charge is 2.31. The van der Waals surface area contributed by atoms with Crippen molar-refractivity contribution in [3.8, 4) is 22.6 Å². The minimum absolute atomic E-state index is 0.410. The molecule has 4 heteroatoms. The quantitative estimate of drug-likeness (QED) is 0.392. The van der Waals surface area contributed by atoms with Crippen LogP contribution in [0.2, 0.25) is 0 Å². The van der Waals surface area contributed by atoms with Crippen molar-refractivity contribution in [2.24, 2.45) is 0 Å². The minimum atomic E-state index is -4.39. The molecule has 1 heterocycles. The molecule has 0 atom stereocenters. The lowest BCUT2D eigenvalue weighted by atomic mass is 10.0. The Bertz CT molecular complexity index is 1030. The molecule has 0 unspecified atom stereocenters. The average molecular weight is 338 g/mol. The first-order valence-electron chi connectivity index (χ1n) is 7.78. The smallest absolute Gasteiger partial charge is 0.416 e. The maximum absolute atomic E-state index is 13.0. The van der Waals surface area contributed by atoms with Crippen LogP contribution in [0.15, 0.2) is 83.3 Å². The molecule has 4 rings (SSSR count). The molecule has 0 aliphatic carbocycles. The van der Waals surface area contributed by atoms with E-state index in [1.165, 1.54) is 6.07 Å². The number of halogens is 3. The minimum Gasteiger partial charge on any atom is -0.455 e. The van der Waals surface area contributed by atoms with E-state index in [-0.39, 0.29) is 0 Å². The van der Waals surface area contributed by atoms with Crippen molar-refractivity contribution >= 4 is 10.8 Å². The summed E-state index contributed by atoms with van der Waals surface area (Å²) in [6, 6.07) is 22.3. The van der Waals surface area contributed by atoms with Gasteiger partial charge in [-0.05, 0) is 12.1 Å². The predicted molar refractivity (Wildman–Crippen MR) is 92.1 cm³/mol. The summed E-state index contributed by atoms with van der Waals surface area (Å²) in [5.74, 6) is 1.10. The topological polar surface area (TPSA) is 13.1 Å². The van der Waals surface area contributed by atoms with Crippen LogP contribution in [0.4, 0.5) is 13.2 Å². The summed E-state index contributed by atoms with van der Waals surface area (Å²) in [6.45, 7) is 0. The Morgan fingerprint density at radius 3 is 1.80 bits per heavy atom. The van der Waals surface area contributed by atoms with E-state index in [1.54, 1.807) is 6.07 Å². The zero-order valence-electron chi connectivity index (χ0n) is 13.0. The summed E-state index contributed by atoms with van der Waals surface area (Å²) in [6.07, 6.45) is -4.39. The zero-order valence-corrected chi connectivity index (χ0v) is 13.0. The van der Waals surface area contributed by atoms with Crippen LogP contribution in [-0.4, -0.2) is 0 Å². The van der Waals surface area contributed by atoms with E-state index in [9.17, 15) is 13.2 Å². The number of benzene rings is 3. The summed E-state index contributed by atoms with van der Waals surface area (Å²) in [5.41, 5.74) is 0.608. The van der Waals surface area contributed by atoms with Gasteiger partial charge in [0.2, 0.25) is 0 Å². The zero-order chi connectivity index (χ0) is 17.4. The molecule has 0 bridgehead atoms. The second kappa shape index (κ2) is 5.81. The Labute approximate surface area is 142 Å². The van der Waals surface area contributed by atoms with Crippen LogP contribution in [0.3, 0.4) is 0 Å². The molecule has 0 aliphatic rings. The molecule has 0 saturated heterocycles. The molecule has 4 aromatic rings. The van der Waals surface area contributed by atoms with Gasteiger partial charge >= 0.3 is 6.18 Å². The molecule has 1 aromatic heterocycles. The molecular weight excluding hydrogens is 325 g/mol. The summed E-state index contributed by atoms with van der Waals surface area (Å²) in [4.78, 5) is 0. The second-order valence-electron chi connectivity index (χ2n) is 5.75. The van der Waals surface area contributed by atoms with Gasteiger partial charge in [-0.1, -0.05) is 66.7 Å². The van der Waals surface area contributed by atoms with Gasteiger partial charge in [0.25, 0.3) is 0 Å². The van der Waals surface area contributed by atoms with Crippen LogP contribution in [0, 0.1) is 0 Å². The van der Waals surface area contributed by atoms with Gasteiger partial charge in [-0.3, -0.25) is 0 Å². The molecular formula is C21H13F3O. The van der Waals surface area contributed by atoms with Gasteiger partial charge in [-0.2, -0.15) is 13.2 Å². The average Bonchev–Trinajstić information content (AvgIpc) is 3.02. The highest BCUT2D eigenvalue weighted by Crippen LogP contribution is 2.40. The van der Waals surface area contributed by atoms with Crippen molar-refractivity contribution in [1.82, 2.24) is 0 Å². The lowest BCUT2D eigenvalue weighted by molar-refractivity contribution is -0.137. The maximum atomic E-state index is 13.0. The molecule has 0 saturated carbocycles. The van der Waals surface area contributed by atoms with Crippen molar-refractivity contribution in [2.45, 2.75) is 6.18 Å². The van der Waals surface area contributed by atoms with Crippen LogP contribution >= 0.6 is 0 Å². The number of fused-ring (bicyclic) bond motifs is 1. The van der Waals surface area contributed by atoms with Gasteiger partial charge in [0.1, 0.15) is 11.5 Å². The van der Waals surface area contributed by atoms with Crippen molar-refractivity contribution in [1.29, 1.82) is 0 Å². The number of alkyl halides is 3. The highest BCUT2D eigenvalue weighted by molar-refractivity contribution is 6.02. The monoisotopic (exact) mass is 338 g/mol. The summed E-state index contributed by atoms with van der Waals surface area (Å²) >= 11 is 0. The van der Waals surface area contributed by atoms with Gasteiger partial charge in [0, 0.05) is 21.9 Å². The van der Waals surface area contributed by atoms with Gasteiger partial charge in [-0.25, -0.2) is 0 Å². The number of furan rings is 1. The summed E-state index contributed by atoms with van der Waals surface area (Å²) in [5, 5.41) is 1.67. The molecule has 0 aliphatic heterocycles. The Kier molecular flexibility index (Phi) is 3.61. The Morgan fingerprint density at radius 1 is 0.600 bits per heavy atom. The summed E-state index contributed by atoms with van der Waals surface area (Å²) in [7, 11) is 0. The SMILES string of the molecule is FC(F)(F)c1cccc(-c2oc(-c3ccccc3)c3ccccc23)c1. The van der Waals surface area contributed by atoms with Crippen molar-refractivity contribution in [2.75, 3.05) is 0 Å². The fraction of sp³-hybridized carbons (Fsp3) is 0.0476. The Balaban J connectivity index is 1.95. The first kappa shape index (κ1) is 15.5. The highest BCUT2D eigenvalue weighted by atomic mass is 19.4. The van der Waals surface area contributed by atoms with E-state index in [4.69, 9.17) is 4.42 Å². The lowest BCUT2D eigenvalue weighted by Crippen LogP contribution is -2.04. The van der Waals surface area contributed by atoms with Gasteiger partial charge in [0.05, 0.1) is 5.56 Å². The van der Waals surface area contributed by atoms with E-state index in [1.807, 2.05) is 54.6 Å². The first-order chi connectivity index (χ1) is 12.0. The van der Waals surface area contributed by atoms with Gasteiger partial charge in [-0.15, -0.1) is 0 Å². The van der Waals surface area contributed by atoms with Crippen LogP contribution in [0.25, 0.3) is 33.4 Å². The van der Waals surface area contributed by atoms with E-state index < -0.39 is 11.7 Å². The number of rotatable bonds is 2. The third-order valence-electron chi connectivity index (χ3n) is 4.11. The van der Waals surface area contributed by atoms with Crippen molar-refractivity contribution < 1.29 is 17.6 Å². The summed E-state index contributed by atoms with van der Waals surface area (Å²) < 4.78 is 45.1. The molecule has 0 fully saturated rings. The van der Waals surface area contributed by atoms with Gasteiger partial charge in [0.15, 0.2) is 0 Å². The van der Waals surface area contributed by atoms with Crippen LogP contribution < -0.4 is 0 Å². The molecule has 25 heavy (non-hydrogen) atoms. The van der Waals surface area contributed by atoms with Crippen LogP contribution in [0.5, 0.6) is 0 Å². The second-order valence-corrected chi connectivity index (χ2v) is 5.75. The standard InChI is InChI=1S/C21H13F3O/c22-21(23,24)16-10-6-9-15(13-16)20-18-12-5-4-11-17(18)19(25-20)14-7-2-1-3-8-14/h1-13H. The Morgan fingerprint density at radius 2 is 1.16 bits per heavy atom. The molecule has 0 N–H and O–H groups in total. The molecule has 124 valence electrons. The third kappa shape index (κ3) is 2.80. The van der Waals surface area contributed by atoms with Gasteiger partial charge < -0.3 is 4.42 Å². The molecule has 0 spiro atoms.